The second-order valence-electron chi connectivity index (χ2n) is 6.15. The van der Waals surface area contributed by atoms with Crippen LogP contribution in [0.25, 0.3) is 0 Å². The summed E-state index contributed by atoms with van der Waals surface area (Å²) in [5.74, 6) is 0.176. The summed E-state index contributed by atoms with van der Waals surface area (Å²) in [4.78, 5) is 19.1. The fourth-order valence-corrected chi connectivity index (χ4v) is 2.72. The molecule has 2 rings (SSSR count). The summed E-state index contributed by atoms with van der Waals surface area (Å²) in [5.41, 5.74) is 0.307. The van der Waals surface area contributed by atoms with E-state index >= 15 is 0 Å². The Balaban J connectivity index is 2.46. The number of nitro groups is 1. The van der Waals surface area contributed by atoms with Crippen molar-refractivity contribution in [1.82, 2.24) is 9.97 Å². The van der Waals surface area contributed by atoms with Crippen LogP contribution in [0.1, 0.15) is 26.3 Å². The van der Waals surface area contributed by atoms with E-state index < -0.39 is 10.5 Å². The highest BCUT2D eigenvalue weighted by molar-refractivity contribution is 9.10. The van der Waals surface area contributed by atoms with Crippen molar-refractivity contribution in [3.8, 4) is 0 Å². The van der Waals surface area contributed by atoms with Crippen molar-refractivity contribution in [2.24, 2.45) is 0 Å². The Kier molecular flexibility index (Phi) is 5.61. The van der Waals surface area contributed by atoms with Gasteiger partial charge in [-0.1, -0.05) is 30.3 Å². The molecule has 0 amide bonds. The summed E-state index contributed by atoms with van der Waals surface area (Å²) in [7, 11) is 0. The van der Waals surface area contributed by atoms with E-state index in [1.165, 1.54) is 3.93 Å². The fraction of sp³-hybridized carbons (Fsp3) is 0.333. The zero-order chi connectivity index (χ0) is 17.9. The first-order chi connectivity index (χ1) is 11.2. The van der Waals surface area contributed by atoms with Crippen LogP contribution in [0.15, 0.2) is 30.3 Å². The van der Waals surface area contributed by atoms with Crippen molar-refractivity contribution in [1.29, 1.82) is 0 Å². The average Bonchev–Trinajstić information content (AvgIpc) is 2.45. The van der Waals surface area contributed by atoms with E-state index in [1.807, 2.05) is 51.1 Å². The van der Waals surface area contributed by atoms with Gasteiger partial charge >= 0.3 is 5.69 Å². The lowest BCUT2D eigenvalue weighted by atomic mass is 10.1. The minimum atomic E-state index is -0.515. The molecule has 1 aromatic heterocycles. The molecule has 0 radical (unpaired) electrons. The molecule has 0 aliphatic heterocycles. The van der Waals surface area contributed by atoms with E-state index in [1.54, 1.807) is 0 Å². The molecule has 128 valence electrons. The maximum Gasteiger partial charge on any atom is 0.354 e. The van der Waals surface area contributed by atoms with Crippen LogP contribution < -0.4 is 9.24 Å². The van der Waals surface area contributed by atoms with E-state index in [9.17, 15) is 10.1 Å². The van der Waals surface area contributed by atoms with Crippen LogP contribution in [0, 0.1) is 10.1 Å². The van der Waals surface area contributed by atoms with Crippen molar-refractivity contribution in [3.63, 3.8) is 0 Å². The number of nitrogens with one attached hydrogen (secondary N) is 1. The molecule has 0 saturated heterocycles. The van der Waals surface area contributed by atoms with Gasteiger partial charge in [0.2, 0.25) is 16.9 Å². The molecule has 1 heterocycles. The molecule has 0 unspecified atom stereocenters. The molecule has 9 heteroatoms. The molecule has 0 atom stereocenters. The first-order valence-corrected chi connectivity index (χ1v) is 8.23. The van der Waals surface area contributed by atoms with Gasteiger partial charge in [-0.2, -0.15) is 9.97 Å². The molecular formula is C15H17BrClN5O2. The zero-order valence-corrected chi connectivity index (χ0v) is 15.8. The number of aromatic nitrogens is 2. The van der Waals surface area contributed by atoms with Gasteiger partial charge in [0, 0.05) is 5.54 Å². The highest BCUT2D eigenvalue weighted by atomic mass is 79.9. The van der Waals surface area contributed by atoms with Gasteiger partial charge in [0.25, 0.3) is 0 Å². The number of hydrogen-bond donors (Lipinski definition) is 1. The van der Waals surface area contributed by atoms with Crippen molar-refractivity contribution >= 4 is 45.1 Å². The lowest BCUT2D eigenvalue weighted by Crippen LogP contribution is -2.28. The molecule has 1 aromatic carbocycles. The molecule has 0 aliphatic rings. The van der Waals surface area contributed by atoms with Crippen LogP contribution in [-0.2, 0) is 6.54 Å². The first-order valence-electron chi connectivity index (χ1n) is 7.15. The molecule has 2 aromatic rings. The van der Waals surface area contributed by atoms with Crippen molar-refractivity contribution in [3.05, 3.63) is 51.3 Å². The average molecular weight is 415 g/mol. The number of halogens is 2. The van der Waals surface area contributed by atoms with Crippen LogP contribution in [0.3, 0.4) is 0 Å². The summed E-state index contributed by atoms with van der Waals surface area (Å²) in [6.07, 6.45) is 0. The largest absolute Gasteiger partial charge is 0.360 e. The molecule has 0 saturated carbocycles. The van der Waals surface area contributed by atoms with Crippen molar-refractivity contribution in [2.45, 2.75) is 32.9 Å². The highest BCUT2D eigenvalue weighted by Crippen LogP contribution is 2.37. The van der Waals surface area contributed by atoms with Gasteiger partial charge in [0.1, 0.15) is 0 Å². The Morgan fingerprint density at radius 2 is 1.92 bits per heavy atom. The molecule has 7 nitrogen and oxygen atoms in total. The summed E-state index contributed by atoms with van der Waals surface area (Å²) >= 11 is 9.31. The predicted octanol–water partition coefficient (Wildman–Crippen LogP) is 4.57. The number of anilines is 2. The van der Waals surface area contributed by atoms with Gasteiger partial charge in [0.15, 0.2) is 0 Å². The molecular weight excluding hydrogens is 398 g/mol. The van der Waals surface area contributed by atoms with Crippen molar-refractivity contribution < 1.29 is 4.92 Å². The second-order valence-corrected chi connectivity index (χ2v) is 7.35. The standard InChI is InChI=1S/C15H17BrClN5O2/c1-15(2,3)20-12-11(22(23)24)13(19-14(17)18-12)21(16)9-10-7-5-4-6-8-10/h4-8H,9H2,1-3H3,(H,18,19,20). The molecule has 24 heavy (non-hydrogen) atoms. The Bertz CT molecular complexity index is 737. The van der Waals surface area contributed by atoms with Crippen LogP contribution >= 0.6 is 27.7 Å². The van der Waals surface area contributed by atoms with Gasteiger partial charge in [-0.05, 0) is 37.9 Å². The van der Waals surface area contributed by atoms with Gasteiger partial charge in [-0.3, -0.25) is 14.0 Å². The van der Waals surface area contributed by atoms with Gasteiger partial charge in [0.05, 0.1) is 27.6 Å². The topological polar surface area (TPSA) is 84.2 Å². The van der Waals surface area contributed by atoms with E-state index in [4.69, 9.17) is 11.6 Å². The van der Waals surface area contributed by atoms with Gasteiger partial charge in [-0.25, -0.2) is 0 Å². The Morgan fingerprint density at radius 1 is 1.29 bits per heavy atom. The summed E-state index contributed by atoms with van der Waals surface area (Å²) < 4.78 is 1.50. The normalized spacial score (nSPS) is 11.2. The van der Waals surface area contributed by atoms with Gasteiger partial charge in [-0.15, -0.1) is 0 Å². The van der Waals surface area contributed by atoms with Crippen LogP contribution in [0.4, 0.5) is 17.3 Å². The lowest BCUT2D eigenvalue weighted by Gasteiger charge is -2.23. The fourth-order valence-electron chi connectivity index (χ4n) is 2.01. The van der Waals surface area contributed by atoms with Crippen LogP contribution in [-0.4, -0.2) is 20.4 Å². The minimum Gasteiger partial charge on any atom is -0.360 e. The number of benzene rings is 1. The molecule has 0 spiro atoms. The summed E-state index contributed by atoms with van der Waals surface area (Å²) in [6, 6.07) is 9.51. The Hall–Kier alpha value is -1.93. The highest BCUT2D eigenvalue weighted by Gasteiger charge is 2.30. The lowest BCUT2D eigenvalue weighted by molar-refractivity contribution is -0.383. The maximum atomic E-state index is 11.6. The van der Waals surface area contributed by atoms with E-state index in [0.717, 1.165) is 5.56 Å². The first kappa shape index (κ1) is 18.4. The van der Waals surface area contributed by atoms with Crippen molar-refractivity contribution in [2.75, 3.05) is 9.24 Å². The molecule has 0 aliphatic carbocycles. The quantitative estimate of drug-likeness (QED) is 0.334. The van der Waals surface area contributed by atoms with E-state index in [-0.39, 0.29) is 22.6 Å². The zero-order valence-electron chi connectivity index (χ0n) is 13.5. The molecule has 1 N–H and O–H groups in total. The van der Waals surface area contributed by atoms with Crippen LogP contribution in [0.5, 0.6) is 0 Å². The van der Waals surface area contributed by atoms with Gasteiger partial charge < -0.3 is 5.32 Å². The molecule has 0 bridgehead atoms. The van der Waals surface area contributed by atoms with E-state index in [0.29, 0.717) is 6.54 Å². The SMILES string of the molecule is CC(C)(C)Nc1nc(Cl)nc(N(Br)Cc2ccccc2)c1[N+](=O)[O-]. The minimum absolute atomic E-state index is 0.0696. The van der Waals surface area contributed by atoms with E-state index in [2.05, 4.69) is 31.4 Å². The third-order valence-electron chi connectivity index (χ3n) is 2.91. The smallest absolute Gasteiger partial charge is 0.354 e. The Labute approximate surface area is 153 Å². The summed E-state index contributed by atoms with van der Waals surface area (Å²) in [5, 5.41) is 14.5. The summed E-state index contributed by atoms with van der Waals surface area (Å²) in [6.45, 7) is 6.01. The Morgan fingerprint density at radius 3 is 2.46 bits per heavy atom. The third-order valence-corrected chi connectivity index (χ3v) is 3.66. The maximum absolute atomic E-state index is 11.6. The second kappa shape index (κ2) is 7.31. The molecule has 0 fully saturated rings. The number of rotatable bonds is 5. The number of hydrogen-bond acceptors (Lipinski definition) is 6. The number of nitrogens with zero attached hydrogens (tertiary/aromatic N) is 4. The van der Waals surface area contributed by atoms with Crippen LogP contribution in [0.2, 0.25) is 5.28 Å². The monoisotopic (exact) mass is 413 g/mol. The third kappa shape index (κ3) is 4.78. The predicted molar refractivity (Wildman–Crippen MR) is 98.6 cm³/mol.